The minimum atomic E-state index is -4.36. The first-order valence-corrected chi connectivity index (χ1v) is 13.5. The van der Waals surface area contributed by atoms with Crippen molar-refractivity contribution in [3.8, 4) is 11.5 Å². The van der Waals surface area contributed by atoms with Crippen LogP contribution in [0.4, 0.5) is 38.9 Å². The number of hydrogen-bond donors (Lipinski definition) is 3. The molecule has 4 aromatic carbocycles. The van der Waals surface area contributed by atoms with Gasteiger partial charge in [0.1, 0.15) is 11.5 Å². The molecule has 0 fully saturated rings. The van der Waals surface area contributed by atoms with E-state index < -0.39 is 16.1 Å². The van der Waals surface area contributed by atoms with Gasteiger partial charge in [0, 0.05) is 12.1 Å². The van der Waals surface area contributed by atoms with Crippen LogP contribution in [0.3, 0.4) is 0 Å². The monoisotopic (exact) mass is 574 g/mol. The van der Waals surface area contributed by atoms with E-state index in [-0.39, 0.29) is 10.6 Å². The molecule has 4 aromatic rings. The summed E-state index contributed by atoms with van der Waals surface area (Å²) in [5.41, 5.74) is 3.71. The summed E-state index contributed by atoms with van der Waals surface area (Å²) in [6, 6.07) is 22.2. The average Bonchev–Trinajstić information content (AvgIpc) is 2.95. The van der Waals surface area contributed by atoms with Crippen molar-refractivity contribution < 1.29 is 27.2 Å². The van der Waals surface area contributed by atoms with Gasteiger partial charge in [0.2, 0.25) is 0 Å². The van der Waals surface area contributed by atoms with Gasteiger partial charge in [-0.1, -0.05) is 18.2 Å². The quantitative estimate of drug-likeness (QED) is 0.137. The summed E-state index contributed by atoms with van der Waals surface area (Å²) in [5.74, 6) is 0.698. The predicted octanol–water partition coefficient (Wildman–Crippen LogP) is 7.73. The minimum Gasteiger partial charge on any atom is -0.494 e. The molecular weight excluding hydrogens is 548 g/mol. The van der Waals surface area contributed by atoms with Crippen molar-refractivity contribution in [3.63, 3.8) is 0 Å². The average molecular weight is 575 g/mol. The lowest BCUT2D eigenvalue weighted by molar-refractivity contribution is 0.262. The third kappa shape index (κ3) is 7.94. The van der Waals surface area contributed by atoms with Crippen molar-refractivity contribution in [3.05, 3.63) is 90.5 Å². The van der Waals surface area contributed by atoms with Gasteiger partial charge in [-0.3, -0.25) is 4.55 Å². The summed E-state index contributed by atoms with van der Waals surface area (Å²) >= 11 is 0. The molecule has 0 aliphatic rings. The van der Waals surface area contributed by atoms with E-state index in [0.29, 0.717) is 34.2 Å². The lowest BCUT2D eigenvalue weighted by atomic mass is 10.2. The van der Waals surface area contributed by atoms with E-state index in [1.54, 1.807) is 36.4 Å². The van der Waals surface area contributed by atoms with Crippen molar-refractivity contribution >= 4 is 50.3 Å². The van der Waals surface area contributed by atoms with Gasteiger partial charge in [-0.15, -0.1) is 0 Å². The highest BCUT2D eigenvalue weighted by Gasteiger charge is 2.13. The van der Waals surface area contributed by atoms with E-state index in [9.17, 15) is 17.8 Å². The Kier molecular flexibility index (Phi) is 9.02. The van der Waals surface area contributed by atoms with Crippen LogP contribution in [0.5, 0.6) is 11.5 Å². The number of rotatable bonds is 9. The van der Waals surface area contributed by atoms with Gasteiger partial charge in [0.15, 0.2) is 0 Å². The highest BCUT2D eigenvalue weighted by Crippen LogP contribution is 2.33. The van der Waals surface area contributed by atoms with Gasteiger partial charge in [0.25, 0.3) is 10.1 Å². The lowest BCUT2D eigenvalue weighted by Gasteiger charge is -2.13. The number of methoxy groups -OCH3 is 2. The first kappa shape index (κ1) is 28.9. The van der Waals surface area contributed by atoms with Crippen molar-refractivity contribution in [2.75, 3.05) is 24.9 Å². The predicted molar refractivity (Wildman–Crippen MR) is 154 cm³/mol. The number of amides is 2. The number of anilines is 2. The summed E-state index contributed by atoms with van der Waals surface area (Å²) in [7, 11) is -1.45. The standard InChI is InChI=1S/C28H26N6O6S/c1-18-6-4-7-19(14-18)31-33-21-10-12-24(26(16-21)39-2)29-28(35)30-25-13-11-22(17-27(25)40-3)34-32-20-8-5-9-23(15-20)41(36,37)38/h4-17H,1-3H3,(H2,29,30,35)(H,36,37,38). The SMILES string of the molecule is COc1cc(N=Nc2cccc(C)c2)ccc1NC(=O)Nc1ccc(N=Nc2cccc(S(=O)(=O)O)c2)cc1OC. The first-order chi connectivity index (χ1) is 19.6. The van der Waals surface area contributed by atoms with Crippen molar-refractivity contribution in [2.45, 2.75) is 11.8 Å². The molecule has 0 aromatic heterocycles. The van der Waals surface area contributed by atoms with E-state index in [1.165, 1.54) is 38.5 Å². The van der Waals surface area contributed by atoms with E-state index in [1.807, 2.05) is 31.2 Å². The van der Waals surface area contributed by atoms with E-state index in [0.717, 1.165) is 11.3 Å². The Morgan fingerprint density at radius 2 is 1.15 bits per heavy atom. The number of carbonyl (C=O) groups is 1. The van der Waals surface area contributed by atoms with E-state index in [4.69, 9.17) is 9.47 Å². The molecule has 0 saturated heterocycles. The maximum Gasteiger partial charge on any atom is 0.323 e. The normalized spacial score (nSPS) is 11.5. The molecule has 0 saturated carbocycles. The number of urea groups is 1. The minimum absolute atomic E-state index is 0.220. The Hall–Kier alpha value is -5.14. The molecular formula is C28H26N6O6S. The first-order valence-electron chi connectivity index (χ1n) is 12.1. The number of carbonyl (C=O) groups excluding carboxylic acids is 1. The maximum absolute atomic E-state index is 12.8. The zero-order valence-electron chi connectivity index (χ0n) is 22.3. The molecule has 0 spiro atoms. The number of azo groups is 2. The molecule has 0 aliphatic heterocycles. The topological polar surface area (TPSA) is 163 Å². The summed E-state index contributed by atoms with van der Waals surface area (Å²) in [5, 5.41) is 22.0. The van der Waals surface area contributed by atoms with Crippen LogP contribution in [0.15, 0.2) is 110 Å². The van der Waals surface area contributed by atoms with Gasteiger partial charge in [-0.05, 0) is 67.1 Å². The molecule has 210 valence electrons. The Bertz CT molecular complexity index is 1740. The van der Waals surface area contributed by atoms with Gasteiger partial charge < -0.3 is 20.1 Å². The third-order valence-corrected chi connectivity index (χ3v) is 6.40. The molecule has 0 radical (unpaired) electrons. The smallest absolute Gasteiger partial charge is 0.323 e. The van der Waals surface area contributed by atoms with Crippen LogP contribution in [-0.2, 0) is 10.1 Å². The number of benzene rings is 4. The summed E-state index contributed by atoms with van der Waals surface area (Å²) in [6.45, 7) is 1.97. The largest absolute Gasteiger partial charge is 0.494 e. The fourth-order valence-electron chi connectivity index (χ4n) is 3.59. The third-order valence-electron chi connectivity index (χ3n) is 5.55. The zero-order valence-corrected chi connectivity index (χ0v) is 23.1. The lowest BCUT2D eigenvalue weighted by Crippen LogP contribution is -2.20. The molecule has 13 heteroatoms. The van der Waals surface area contributed by atoms with Crippen molar-refractivity contribution in [1.29, 1.82) is 0 Å². The molecule has 0 heterocycles. The van der Waals surface area contributed by atoms with E-state index in [2.05, 4.69) is 31.1 Å². The van der Waals surface area contributed by atoms with Crippen LogP contribution < -0.4 is 20.1 Å². The second kappa shape index (κ2) is 12.8. The van der Waals surface area contributed by atoms with Crippen LogP contribution in [0.1, 0.15) is 5.56 Å². The maximum atomic E-state index is 12.8. The second-order valence-corrected chi connectivity index (χ2v) is 9.98. The Labute approximate surface area is 236 Å². The molecule has 0 aliphatic carbocycles. The van der Waals surface area contributed by atoms with Crippen LogP contribution in [0.2, 0.25) is 0 Å². The molecule has 3 N–H and O–H groups in total. The summed E-state index contributed by atoms with van der Waals surface area (Å²) in [6.07, 6.45) is 0. The number of nitrogens with one attached hydrogen (secondary N) is 2. The number of nitrogens with zero attached hydrogens (tertiary/aromatic N) is 4. The summed E-state index contributed by atoms with van der Waals surface area (Å²) < 4.78 is 42.7. The van der Waals surface area contributed by atoms with Gasteiger partial charge in [0.05, 0.1) is 53.2 Å². The summed E-state index contributed by atoms with van der Waals surface area (Å²) in [4.78, 5) is 12.5. The number of hydrogen-bond acceptors (Lipinski definition) is 9. The number of ether oxygens (including phenoxy) is 2. The Morgan fingerprint density at radius 3 is 1.61 bits per heavy atom. The van der Waals surface area contributed by atoms with Gasteiger partial charge in [-0.25, -0.2) is 4.79 Å². The molecule has 0 atom stereocenters. The Morgan fingerprint density at radius 1 is 0.683 bits per heavy atom. The zero-order chi connectivity index (χ0) is 29.4. The van der Waals surface area contributed by atoms with Gasteiger partial charge >= 0.3 is 6.03 Å². The molecule has 4 rings (SSSR count). The van der Waals surface area contributed by atoms with E-state index >= 15 is 0 Å². The fourth-order valence-corrected chi connectivity index (χ4v) is 4.11. The fraction of sp³-hybridized carbons (Fsp3) is 0.107. The highest BCUT2D eigenvalue weighted by atomic mass is 32.2. The molecule has 12 nitrogen and oxygen atoms in total. The molecule has 0 bridgehead atoms. The molecule has 0 unspecified atom stereocenters. The van der Waals surface area contributed by atoms with Crippen LogP contribution in [-0.4, -0.2) is 33.2 Å². The second-order valence-electron chi connectivity index (χ2n) is 8.56. The molecule has 2 amide bonds. The van der Waals surface area contributed by atoms with Crippen LogP contribution >= 0.6 is 0 Å². The van der Waals surface area contributed by atoms with Gasteiger partial charge in [-0.2, -0.15) is 28.9 Å². The molecule has 41 heavy (non-hydrogen) atoms. The van der Waals surface area contributed by atoms with Crippen molar-refractivity contribution in [1.82, 2.24) is 0 Å². The highest BCUT2D eigenvalue weighted by molar-refractivity contribution is 7.85. The van der Waals surface area contributed by atoms with Crippen LogP contribution in [0, 0.1) is 6.92 Å². The van der Waals surface area contributed by atoms with Crippen molar-refractivity contribution in [2.24, 2.45) is 20.5 Å². The Balaban J connectivity index is 1.44. The van der Waals surface area contributed by atoms with Crippen LogP contribution in [0.25, 0.3) is 0 Å². The number of aryl methyl sites for hydroxylation is 1.